The molecule has 0 spiro atoms. The Labute approximate surface area is 158 Å². The molecular formula is C22H36SSn. The minimum absolute atomic E-state index is 1.28. The summed E-state index contributed by atoms with van der Waals surface area (Å²) in [6, 6.07) is 9.15. The number of fused-ring (bicyclic) bond motifs is 1. The molecule has 0 unspecified atom stereocenters. The Bertz CT molecular complexity index is 499. The first kappa shape index (κ1) is 20.4. The summed E-state index contributed by atoms with van der Waals surface area (Å²) >= 11 is -0.113. The van der Waals surface area contributed by atoms with E-state index in [4.69, 9.17) is 0 Å². The molecule has 0 fully saturated rings. The topological polar surface area (TPSA) is 0 Å². The molecule has 0 N–H and O–H groups in total. The molecule has 0 atom stereocenters. The Morgan fingerprint density at radius 2 is 1.50 bits per heavy atom. The van der Waals surface area contributed by atoms with Gasteiger partial charge in [0.05, 0.1) is 0 Å². The van der Waals surface area contributed by atoms with Gasteiger partial charge in [-0.25, -0.2) is 0 Å². The molecule has 24 heavy (non-hydrogen) atoms. The molecule has 2 heteroatoms. The number of allylic oxidation sites excluding steroid dienone is 1. The fourth-order valence-electron chi connectivity index (χ4n) is 3.96. The van der Waals surface area contributed by atoms with E-state index < -0.39 is 18.4 Å². The van der Waals surface area contributed by atoms with Crippen LogP contribution < -0.4 is 0 Å². The van der Waals surface area contributed by atoms with Crippen molar-refractivity contribution in [3.8, 4) is 0 Å². The van der Waals surface area contributed by atoms with Gasteiger partial charge in [-0.1, -0.05) is 0 Å². The zero-order valence-electron chi connectivity index (χ0n) is 16.1. The van der Waals surface area contributed by atoms with Crippen molar-refractivity contribution in [1.29, 1.82) is 0 Å². The summed E-state index contributed by atoms with van der Waals surface area (Å²) < 4.78 is 7.71. The van der Waals surface area contributed by atoms with Crippen molar-refractivity contribution in [2.75, 3.05) is 5.75 Å². The fourth-order valence-corrected chi connectivity index (χ4v) is 20.4. The van der Waals surface area contributed by atoms with Crippen molar-refractivity contribution < 1.29 is 0 Å². The van der Waals surface area contributed by atoms with Gasteiger partial charge in [0.2, 0.25) is 0 Å². The first-order chi connectivity index (χ1) is 11.7. The van der Waals surface area contributed by atoms with E-state index in [0.29, 0.717) is 0 Å². The Morgan fingerprint density at radius 1 is 0.917 bits per heavy atom. The van der Waals surface area contributed by atoms with Gasteiger partial charge in [0, 0.05) is 0 Å². The van der Waals surface area contributed by atoms with E-state index in [9.17, 15) is 0 Å². The molecule has 0 aliphatic carbocycles. The van der Waals surface area contributed by atoms with Gasteiger partial charge in [-0.2, -0.15) is 0 Å². The summed E-state index contributed by atoms with van der Waals surface area (Å²) in [6.45, 7) is 7.11. The minimum atomic E-state index is -2.17. The third-order valence-electron chi connectivity index (χ3n) is 5.43. The van der Waals surface area contributed by atoms with Gasteiger partial charge in [-0.05, 0) is 0 Å². The van der Waals surface area contributed by atoms with E-state index in [-0.39, 0.29) is 0 Å². The number of hydrogen-bond acceptors (Lipinski definition) is 1. The Kier molecular flexibility index (Phi) is 9.32. The van der Waals surface area contributed by atoms with Crippen LogP contribution in [-0.2, 0) is 0 Å². The van der Waals surface area contributed by atoms with Gasteiger partial charge in [0.25, 0.3) is 0 Å². The van der Waals surface area contributed by atoms with Gasteiger partial charge < -0.3 is 0 Å². The zero-order chi connectivity index (χ0) is 17.3. The Balaban J connectivity index is 2.34. The first-order valence-electron chi connectivity index (χ1n) is 10.2. The van der Waals surface area contributed by atoms with E-state index in [1.165, 1.54) is 55.6 Å². The van der Waals surface area contributed by atoms with Crippen molar-refractivity contribution in [2.24, 2.45) is 0 Å². The molecule has 0 nitrogen and oxygen atoms in total. The van der Waals surface area contributed by atoms with Crippen LogP contribution in [-0.4, -0.2) is 24.1 Å². The van der Waals surface area contributed by atoms with Gasteiger partial charge in [-0.3, -0.25) is 0 Å². The monoisotopic (exact) mass is 452 g/mol. The Morgan fingerprint density at radius 3 is 2.08 bits per heavy atom. The molecule has 1 aromatic carbocycles. The number of rotatable bonds is 10. The molecule has 0 radical (unpaired) electrons. The summed E-state index contributed by atoms with van der Waals surface area (Å²) in [5, 5.41) is 0. The van der Waals surface area contributed by atoms with Crippen molar-refractivity contribution in [3.05, 3.63) is 33.9 Å². The van der Waals surface area contributed by atoms with Crippen molar-refractivity contribution in [1.82, 2.24) is 0 Å². The van der Waals surface area contributed by atoms with Crippen LogP contribution in [0.3, 0.4) is 0 Å². The molecule has 0 saturated carbocycles. The predicted octanol–water partition coefficient (Wildman–Crippen LogP) is 7.95. The van der Waals surface area contributed by atoms with Crippen molar-refractivity contribution in [3.63, 3.8) is 0 Å². The quantitative estimate of drug-likeness (QED) is 0.325. The molecule has 0 aromatic heterocycles. The van der Waals surface area contributed by atoms with Crippen LogP contribution in [0.25, 0.3) is 5.57 Å². The second-order valence-corrected chi connectivity index (χ2v) is 21.5. The maximum atomic E-state index is 2.95. The third kappa shape index (κ3) is 5.83. The Hall–Kier alpha value is 0.109. The van der Waals surface area contributed by atoms with Gasteiger partial charge in [-0.15, -0.1) is 0 Å². The summed E-state index contributed by atoms with van der Waals surface area (Å²) in [7, 11) is 0. The predicted molar refractivity (Wildman–Crippen MR) is 115 cm³/mol. The van der Waals surface area contributed by atoms with Crippen molar-refractivity contribution >= 4 is 35.7 Å². The van der Waals surface area contributed by atoms with E-state index >= 15 is 0 Å². The van der Waals surface area contributed by atoms with Crippen LogP contribution in [0.5, 0.6) is 0 Å². The van der Waals surface area contributed by atoms with Crippen LogP contribution in [0.4, 0.5) is 0 Å². The number of hydrogen-bond donors (Lipinski definition) is 0. The van der Waals surface area contributed by atoms with Crippen LogP contribution in [0.2, 0.25) is 13.3 Å². The molecule has 1 aliphatic rings. The van der Waals surface area contributed by atoms with E-state index in [0.717, 1.165) is 0 Å². The second kappa shape index (κ2) is 11.0. The van der Waals surface area contributed by atoms with Crippen LogP contribution in [0.1, 0.15) is 71.3 Å². The molecule has 0 amide bonds. The number of benzene rings is 1. The summed E-state index contributed by atoms with van der Waals surface area (Å²) in [5.41, 5.74) is 3.29. The summed E-state index contributed by atoms with van der Waals surface area (Å²) in [6.07, 6.45) is 9.79. The molecule has 0 bridgehead atoms. The molecular weight excluding hydrogens is 415 g/mol. The molecule has 134 valence electrons. The molecule has 1 aliphatic heterocycles. The van der Waals surface area contributed by atoms with Gasteiger partial charge in [0.15, 0.2) is 0 Å². The van der Waals surface area contributed by atoms with Crippen LogP contribution in [0.15, 0.2) is 33.3 Å². The third-order valence-corrected chi connectivity index (χ3v) is 20.8. The second-order valence-electron chi connectivity index (χ2n) is 7.44. The molecule has 1 aromatic rings. The van der Waals surface area contributed by atoms with E-state index in [2.05, 4.69) is 60.9 Å². The van der Waals surface area contributed by atoms with E-state index in [1.807, 2.05) is 0 Å². The molecule has 2 rings (SSSR count). The first-order valence-corrected chi connectivity index (χ1v) is 18.9. The van der Waals surface area contributed by atoms with Crippen molar-refractivity contribution in [2.45, 2.75) is 83.9 Å². The zero-order valence-corrected chi connectivity index (χ0v) is 19.7. The van der Waals surface area contributed by atoms with Gasteiger partial charge in [0.1, 0.15) is 0 Å². The number of unbranched alkanes of at least 4 members (excludes halogenated alkanes) is 3. The molecule has 1 heterocycles. The van der Waals surface area contributed by atoms with Crippen LogP contribution in [0, 0.1) is 0 Å². The average molecular weight is 451 g/mol. The fraction of sp³-hybridized carbons (Fsp3) is 0.636. The van der Waals surface area contributed by atoms with Gasteiger partial charge >= 0.3 is 159 Å². The summed E-state index contributed by atoms with van der Waals surface area (Å²) in [5.74, 6) is 1.28. The summed E-state index contributed by atoms with van der Waals surface area (Å²) in [4.78, 5) is 1.52. The normalized spacial score (nSPS) is 16.4. The number of thioether (sulfide) groups is 1. The maximum absolute atomic E-state index is 2.95. The van der Waals surface area contributed by atoms with Crippen LogP contribution >= 0.6 is 11.8 Å². The average Bonchev–Trinajstić information content (AvgIpc) is 2.63. The SMILES string of the molecule is CCC[CH2][Sn](/[CH]=C1\CCSc2ccccc21)([CH2]CCC)[CH2]CCC. The molecule has 0 saturated heterocycles. The van der Waals surface area contributed by atoms with E-state index in [1.54, 1.807) is 24.4 Å². The standard InChI is InChI=1S/C10H9S.3C4H9.Sn/c1-8-6-7-11-10-5-3-2-4-9(8)10;3*1-3-4-2;/h1-5H,6-7H2;3*1,3-4H2,2H3;.